The van der Waals surface area contributed by atoms with Crippen molar-refractivity contribution in [2.24, 2.45) is 5.73 Å². The van der Waals surface area contributed by atoms with Crippen LogP contribution in [0.15, 0.2) is 47.4 Å². The molecule has 1 heterocycles. The third-order valence-corrected chi connectivity index (χ3v) is 8.09. The molecule has 1 aliphatic heterocycles. The highest BCUT2D eigenvalue weighted by atomic mass is 32.2. The van der Waals surface area contributed by atoms with Crippen LogP contribution in [0.3, 0.4) is 0 Å². The van der Waals surface area contributed by atoms with Crippen molar-refractivity contribution in [3.8, 4) is 5.75 Å². The predicted octanol–water partition coefficient (Wildman–Crippen LogP) is 3.28. The molecule has 1 fully saturated rings. The van der Waals surface area contributed by atoms with Crippen molar-refractivity contribution in [2.75, 3.05) is 22.7 Å². The van der Waals surface area contributed by atoms with Gasteiger partial charge in [0, 0.05) is 5.69 Å². The fourth-order valence-electron chi connectivity index (χ4n) is 3.63. The summed E-state index contributed by atoms with van der Waals surface area (Å²) in [6, 6.07) is 7.86. The highest BCUT2D eigenvalue weighted by molar-refractivity contribution is 7.92. The van der Waals surface area contributed by atoms with E-state index in [9.17, 15) is 35.6 Å². The molecule has 0 spiro atoms. The molecule has 2 aromatic carbocycles. The molecule has 2 aliphatic rings. The van der Waals surface area contributed by atoms with Gasteiger partial charge in [-0.25, -0.2) is 17.6 Å². The molecular formula is C24H26F4N4O6S. The van der Waals surface area contributed by atoms with Crippen LogP contribution >= 0.6 is 0 Å². The molecule has 0 unspecified atom stereocenters. The Bertz CT molecular complexity index is 1380. The quantitative estimate of drug-likeness (QED) is 0.431. The van der Waals surface area contributed by atoms with Gasteiger partial charge in [-0.05, 0) is 69.2 Å². The molecule has 2 amide bonds. The van der Waals surface area contributed by atoms with Crippen molar-refractivity contribution < 1.29 is 45.0 Å². The Morgan fingerprint density at radius 1 is 1.15 bits per heavy atom. The number of ether oxygens (including phenoxy) is 2. The smallest absolute Gasteiger partial charge is 0.427 e. The van der Waals surface area contributed by atoms with Crippen LogP contribution in [-0.2, 0) is 19.6 Å². The van der Waals surface area contributed by atoms with Gasteiger partial charge in [-0.1, -0.05) is 0 Å². The first-order valence-electron chi connectivity index (χ1n) is 11.7. The van der Waals surface area contributed by atoms with Gasteiger partial charge >= 0.3 is 12.3 Å². The zero-order valence-electron chi connectivity index (χ0n) is 20.8. The lowest BCUT2D eigenvalue weighted by atomic mass is 10.1. The number of hydrogen-bond acceptors (Lipinski definition) is 7. The summed E-state index contributed by atoms with van der Waals surface area (Å²) in [4.78, 5) is 24.2. The summed E-state index contributed by atoms with van der Waals surface area (Å²) in [6.45, 7) is 0.989. The molecule has 15 heteroatoms. The number of nitrogens with zero attached hydrogens (tertiary/aromatic N) is 1. The van der Waals surface area contributed by atoms with Crippen LogP contribution in [0.25, 0.3) is 0 Å². The summed E-state index contributed by atoms with van der Waals surface area (Å²) < 4.78 is 91.2. The van der Waals surface area contributed by atoms with Gasteiger partial charge in [0.15, 0.2) is 0 Å². The largest absolute Gasteiger partial charge is 0.484 e. The third kappa shape index (κ3) is 6.03. The lowest BCUT2D eigenvalue weighted by Crippen LogP contribution is -2.51. The second-order valence-corrected chi connectivity index (χ2v) is 11.7. The van der Waals surface area contributed by atoms with Crippen LogP contribution in [-0.4, -0.2) is 56.9 Å². The summed E-state index contributed by atoms with van der Waals surface area (Å²) in [6.07, 6.45) is -6.05. The molecule has 0 aromatic heterocycles. The Balaban J connectivity index is 1.61. The van der Waals surface area contributed by atoms with Crippen LogP contribution in [0.4, 0.5) is 33.7 Å². The van der Waals surface area contributed by atoms with E-state index >= 15 is 0 Å². The van der Waals surface area contributed by atoms with E-state index in [1.54, 1.807) is 0 Å². The Labute approximate surface area is 221 Å². The average Bonchev–Trinajstić information content (AvgIpc) is 3.59. The van der Waals surface area contributed by atoms with Crippen molar-refractivity contribution in [1.82, 2.24) is 5.32 Å². The molecule has 1 atom stereocenters. The second kappa shape index (κ2) is 9.86. The van der Waals surface area contributed by atoms with Gasteiger partial charge in [0.1, 0.15) is 17.7 Å². The zero-order valence-corrected chi connectivity index (χ0v) is 21.7. The van der Waals surface area contributed by atoms with E-state index in [-0.39, 0.29) is 35.1 Å². The number of anilines is 2. The molecule has 1 aliphatic carbocycles. The Hall–Kier alpha value is -3.59. The molecule has 1 saturated carbocycles. The van der Waals surface area contributed by atoms with Crippen molar-refractivity contribution in [3.63, 3.8) is 0 Å². The fourth-order valence-corrected chi connectivity index (χ4v) is 5.13. The Morgan fingerprint density at radius 3 is 2.38 bits per heavy atom. The van der Waals surface area contributed by atoms with Crippen LogP contribution in [0.1, 0.15) is 26.7 Å². The van der Waals surface area contributed by atoms with Gasteiger partial charge in [0.25, 0.3) is 10.0 Å². The number of carbonyl (C=O) groups is 2. The van der Waals surface area contributed by atoms with E-state index in [1.807, 2.05) is 0 Å². The topological polar surface area (TPSA) is 140 Å². The van der Waals surface area contributed by atoms with Crippen LogP contribution in [0, 0.1) is 5.82 Å². The van der Waals surface area contributed by atoms with Gasteiger partial charge in [0.2, 0.25) is 11.5 Å². The van der Waals surface area contributed by atoms with Crippen molar-refractivity contribution >= 4 is 33.4 Å². The molecule has 0 bridgehead atoms. The van der Waals surface area contributed by atoms with E-state index in [4.69, 9.17) is 10.5 Å². The number of nitrogens with two attached hydrogens (primary N) is 1. The van der Waals surface area contributed by atoms with Crippen LogP contribution < -0.4 is 25.4 Å². The lowest BCUT2D eigenvalue weighted by molar-refractivity contribution is -0.242. The van der Waals surface area contributed by atoms with Gasteiger partial charge in [-0.3, -0.25) is 14.4 Å². The van der Waals surface area contributed by atoms with E-state index in [0.717, 1.165) is 28.6 Å². The summed E-state index contributed by atoms with van der Waals surface area (Å²) in [5.74, 6) is -1.00. The van der Waals surface area contributed by atoms with E-state index in [0.29, 0.717) is 26.7 Å². The maximum atomic E-state index is 13.5. The van der Waals surface area contributed by atoms with Gasteiger partial charge in [-0.15, -0.1) is 0 Å². The van der Waals surface area contributed by atoms with Crippen molar-refractivity contribution in [1.29, 1.82) is 0 Å². The second-order valence-electron chi connectivity index (χ2n) is 9.80. The number of nitrogens with one attached hydrogen (secondary N) is 2. The molecule has 0 radical (unpaired) electrons. The van der Waals surface area contributed by atoms with Crippen molar-refractivity contribution in [2.45, 2.75) is 55.0 Å². The highest BCUT2D eigenvalue weighted by Gasteiger charge is 2.51. The van der Waals surface area contributed by atoms with Crippen molar-refractivity contribution in [3.05, 3.63) is 48.3 Å². The normalized spacial score (nSPS) is 18.4. The standard InChI is InChI=1S/C24H26F4N4O6S/c1-22(2,24(26,27)28)38-21(34)31-15-5-8-19-18(11-15)32(39(35,36)17-6-3-14(25)4-7-17)13-16(37-19)12-30-20(33)23(29)9-10-23/h3-8,11,16H,9-10,12-13,29H2,1-2H3,(H,30,33)(H,31,34)/t16-/m0/s1. The van der Waals surface area contributed by atoms with Gasteiger partial charge in [0.05, 0.1) is 29.2 Å². The van der Waals surface area contributed by atoms with Crippen LogP contribution in [0.2, 0.25) is 0 Å². The third-order valence-electron chi connectivity index (χ3n) is 6.30. The first kappa shape index (κ1) is 28.4. The number of benzene rings is 2. The number of carbonyl (C=O) groups excluding carboxylic acids is 2. The highest BCUT2D eigenvalue weighted by Crippen LogP contribution is 2.40. The molecular weight excluding hydrogens is 548 g/mol. The van der Waals surface area contributed by atoms with Gasteiger partial charge in [-0.2, -0.15) is 13.2 Å². The average molecular weight is 575 g/mol. The summed E-state index contributed by atoms with van der Waals surface area (Å²) in [5.41, 5.74) is 2.02. The lowest BCUT2D eigenvalue weighted by Gasteiger charge is -2.36. The molecule has 2 aromatic rings. The number of hydrogen-bond donors (Lipinski definition) is 3. The molecule has 212 valence electrons. The molecule has 4 N–H and O–H groups in total. The number of amides is 2. The predicted molar refractivity (Wildman–Crippen MR) is 131 cm³/mol. The minimum atomic E-state index is -4.83. The number of rotatable bonds is 7. The first-order chi connectivity index (χ1) is 18.0. The maximum absolute atomic E-state index is 13.5. The summed E-state index contributed by atoms with van der Waals surface area (Å²) in [5, 5.41) is 4.81. The Kier molecular flexibility index (Phi) is 7.19. The summed E-state index contributed by atoms with van der Waals surface area (Å²) in [7, 11) is -4.32. The number of halogens is 4. The zero-order chi connectivity index (χ0) is 28.8. The number of alkyl halides is 3. The summed E-state index contributed by atoms with van der Waals surface area (Å²) >= 11 is 0. The molecule has 39 heavy (non-hydrogen) atoms. The number of sulfonamides is 1. The SMILES string of the molecule is CC(C)(OC(=O)Nc1ccc2c(c1)N(S(=O)(=O)c1ccc(F)cc1)C[C@H](CNC(=O)C1(N)CC1)O2)C(F)(F)F. The van der Waals surface area contributed by atoms with Crippen LogP contribution in [0.5, 0.6) is 5.75 Å². The monoisotopic (exact) mass is 574 g/mol. The van der Waals surface area contributed by atoms with E-state index in [1.165, 1.54) is 18.2 Å². The Morgan fingerprint density at radius 2 is 1.79 bits per heavy atom. The first-order valence-corrected chi connectivity index (χ1v) is 13.2. The molecule has 10 nitrogen and oxygen atoms in total. The molecule has 4 rings (SSSR count). The van der Waals surface area contributed by atoms with Gasteiger partial charge < -0.3 is 20.5 Å². The van der Waals surface area contributed by atoms with E-state index in [2.05, 4.69) is 15.4 Å². The minimum Gasteiger partial charge on any atom is -0.484 e. The molecule has 0 saturated heterocycles. The minimum absolute atomic E-state index is 0.0488. The number of fused-ring (bicyclic) bond motifs is 1. The maximum Gasteiger partial charge on any atom is 0.427 e. The van der Waals surface area contributed by atoms with E-state index < -0.39 is 51.3 Å². The fraction of sp³-hybridized carbons (Fsp3) is 0.417.